The molecule has 1 saturated heterocycles. The van der Waals surface area contributed by atoms with Crippen LogP contribution in [0, 0.1) is 0 Å². The van der Waals surface area contributed by atoms with Gasteiger partial charge >= 0.3 is 0 Å². The molecular formula is C26H37N5O4S. The van der Waals surface area contributed by atoms with E-state index in [1.54, 1.807) is 18.2 Å². The van der Waals surface area contributed by atoms with Gasteiger partial charge in [0.25, 0.3) is 5.91 Å². The molecule has 0 spiro atoms. The van der Waals surface area contributed by atoms with Crippen LogP contribution in [0.25, 0.3) is 0 Å². The van der Waals surface area contributed by atoms with E-state index in [0.29, 0.717) is 25.3 Å². The number of sulfonamides is 1. The number of rotatable bonds is 10. The predicted octanol–water partition coefficient (Wildman–Crippen LogP) is 1.29. The molecule has 0 saturated carbocycles. The number of amides is 1. The molecule has 2 heterocycles. The molecule has 2 aromatic carbocycles. The van der Waals surface area contributed by atoms with Crippen molar-refractivity contribution in [3.63, 3.8) is 0 Å². The molecule has 36 heavy (non-hydrogen) atoms. The van der Waals surface area contributed by atoms with Gasteiger partial charge in [-0.15, -0.1) is 0 Å². The Morgan fingerprint density at radius 3 is 2.56 bits per heavy atom. The summed E-state index contributed by atoms with van der Waals surface area (Å²) in [6.45, 7) is 6.14. The van der Waals surface area contributed by atoms with Gasteiger partial charge in [0.2, 0.25) is 10.0 Å². The first kappa shape index (κ1) is 26.4. The molecule has 1 fully saturated rings. The van der Waals surface area contributed by atoms with Gasteiger partial charge in [-0.2, -0.15) is 0 Å². The van der Waals surface area contributed by atoms with Crippen LogP contribution in [-0.2, 0) is 27.8 Å². The summed E-state index contributed by atoms with van der Waals surface area (Å²) < 4.78 is 33.4. The lowest BCUT2D eigenvalue weighted by atomic mass is 10.00. The van der Waals surface area contributed by atoms with Crippen molar-refractivity contribution in [2.45, 2.75) is 24.3 Å². The number of anilines is 1. The largest absolute Gasteiger partial charge is 0.482 e. The van der Waals surface area contributed by atoms with E-state index < -0.39 is 10.0 Å². The van der Waals surface area contributed by atoms with E-state index in [1.807, 2.05) is 4.90 Å². The monoisotopic (exact) mass is 515 g/mol. The average molecular weight is 516 g/mol. The first-order chi connectivity index (χ1) is 17.4. The summed E-state index contributed by atoms with van der Waals surface area (Å²) >= 11 is 0. The highest BCUT2D eigenvalue weighted by molar-refractivity contribution is 7.89. The van der Waals surface area contributed by atoms with Crippen molar-refractivity contribution in [2.24, 2.45) is 0 Å². The van der Waals surface area contributed by atoms with Crippen molar-refractivity contribution in [2.75, 3.05) is 71.4 Å². The first-order valence-corrected chi connectivity index (χ1v) is 14.0. The van der Waals surface area contributed by atoms with Crippen LogP contribution < -0.4 is 20.3 Å². The Morgan fingerprint density at radius 2 is 1.81 bits per heavy atom. The Hall–Kier alpha value is -2.66. The zero-order chi connectivity index (χ0) is 25.5. The van der Waals surface area contributed by atoms with Crippen molar-refractivity contribution in [1.82, 2.24) is 19.8 Å². The third-order valence-electron chi connectivity index (χ3n) is 6.70. The zero-order valence-corrected chi connectivity index (χ0v) is 22.0. The zero-order valence-electron chi connectivity index (χ0n) is 21.2. The van der Waals surface area contributed by atoms with Crippen molar-refractivity contribution in [3.8, 4) is 5.75 Å². The van der Waals surface area contributed by atoms with Crippen LogP contribution >= 0.6 is 0 Å². The standard InChI is InChI=1S/C26H37N5O4S/c1-29(2)36(33,34)26-23(31-17-13-27-14-18-31)9-5-10-24(26)35-20-25(32)28-12-6-15-30-16-11-21-7-3-4-8-22(21)19-30/h3-5,7-10,27H,6,11-20H2,1-2H3,(H,28,32). The topological polar surface area (TPSA) is 94.2 Å². The fourth-order valence-electron chi connectivity index (χ4n) is 4.68. The number of hydrogen-bond donors (Lipinski definition) is 2. The molecule has 2 aliphatic rings. The van der Waals surface area contributed by atoms with E-state index in [9.17, 15) is 13.2 Å². The molecule has 2 N–H and O–H groups in total. The van der Waals surface area contributed by atoms with Crippen molar-refractivity contribution in [3.05, 3.63) is 53.6 Å². The SMILES string of the molecule is CN(C)S(=O)(=O)c1c(OCC(=O)NCCCN2CCc3ccccc3C2)cccc1N1CCNCC1. The minimum absolute atomic E-state index is 0.107. The van der Waals surface area contributed by atoms with Crippen LogP contribution in [0.1, 0.15) is 17.5 Å². The number of ether oxygens (including phenoxy) is 1. The second-order valence-corrected chi connectivity index (χ2v) is 11.5. The molecule has 9 nitrogen and oxygen atoms in total. The van der Waals surface area contributed by atoms with Crippen LogP contribution in [0.2, 0.25) is 0 Å². The highest BCUT2D eigenvalue weighted by atomic mass is 32.2. The minimum Gasteiger partial charge on any atom is -0.482 e. The van der Waals surface area contributed by atoms with Crippen LogP contribution in [-0.4, -0.2) is 90.0 Å². The Bertz CT molecular complexity index is 1150. The third-order valence-corrected chi connectivity index (χ3v) is 8.58. The summed E-state index contributed by atoms with van der Waals surface area (Å²) in [7, 11) is -0.778. The minimum atomic E-state index is -3.78. The Morgan fingerprint density at radius 1 is 1.06 bits per heavy atom. The highest BCUT2D eigenvalue weighted by Crippen LogP contribution is 2.35. The Labute approximate surface area is 214 Å². The third kappa shape index (κ3) is 6.36. The summed E-state index contributed by atoms with van der Waals surface area (Å²) in [5, 5.41) is 6.18. The van der Waals surface area contributed by atoms with Gasteiger partial charge in [-0.25, -0.2) is 12.7 Å². The fraction of sp³-hybridized carbons (Fsp3) is 0.500. The maximum Gasteiger partial charge on any atom is 0.257 e. The molecule has 1 amide bonds. The van der Waals surface area contributed by atoms with Gasteiger partial charge < -0.3 is 20.3 Å². The normalized spacial score (nSPS) is 16.6. The van der Waals surface area contributed by atoms with Crippen LogP contribution in [0.15, 0.2) is 47.4 Å². The number of hydrogen-bond acceptors (Lipinski definition) is 7. The molecule has 2 aromatic rings. The van der Waals surface area contributed by atoms with E-state index >= 15 is 0 Å². The maximum atomic E-state index is 13.2. The summed E-state index contributed by atoms with van der Waals surface area (Å²) in [5.41, 5.74) is 3.41. The highest BCUT2D eigenvalue weighted by Gasteiger charge is 2.29. The summed E-state index contributed by atoms with van der Waals surface area (Å²) in [6, 6.07) is 13.7. The van der Waals surface area contributed by atoms with Crippen LogP contribution in [0.5, 0.6) is 5.75 Å². The summed E-state index contributed by atoms with van der Waals surface area (Å²) in [5.74, 6) is -0.0679. The molecule has 0 aliphatic carbocycles. The number of carbonyl (C=O) groups excluding carboxylic acids is 1. The summed E-state index contributed by atoms with van der Waals surface area (Å²) in [4.78, 5) is 17.0. The van der Waals surface area contributed by atoms with Gasteiger partial charge in [0, 0.05) is 66.5 Å². The average Bonchev–Trinajstić information content (AvgIpc) is 2.90. The van der Waals surface area contributed by atoms with Crippen LogP contribution in [0.3, 0.4) is 0 Å². The van der Waals surface area contributed by atoms with Gasteiger partial charge in [0.05, 0.1) is 5.69 Å². The molecule has 4 rings (SSSR count). The molecule has 0 aromatic heterocycles. The van der Waals surface area contributed by atoms with E-state index in [0.717, 1.165) is 45.6 Å². The van der Waals surface area contributed by atoms with E-state index in [4.69, 9.17) is 4.74 Å². The first-order valence-electron chi connectivity index (χ1n) is 12.6. The maximum absolute atomic E-state index is 13.2. The second kappa shape index (κ2) is 12.1. The number of piperazine rings is 1. The molecule has 0 atom stereocenters. The van der Waals surface area contributed by atoms with E-state index in [-0.39, 0.29) is 23.2 Å². The smallest absolute Gasteiger partial charge is 0.257 e. The fourth-order valence-corrected chi connectivity index (χ4v) is 5.89. The van der Waals surface area contributed by atoms with E-state index in [2.05, 4.69) is 39.8 Å². The van der Waals surface area contributed by atoms with Crippen molar-refractivity contribution < 1.29 is 17.9 Å². The summed E-state index contributed by atoms with van der Waals surface area (Å²) in [6.07, 6.45) is 1.90. The van der Waals surface area contributed by atoms with Gasteiger partial charge in [0.1, 0.15) is 10.6 Å². The lowest BCUT2D eigenvalue weighted by molar-refractivity contribution is -0.123. The number of nitrogens with zero attached hydrogens (tertiary/aromatic N) is 3. The second-order valence-electron chi connectivity index (χ2n) is 9.42. The molecule has 196 valence electrons. The van der Waals surface area contributed by atoms with Crippen LogP contribution in [0.4, 0.5) is 5.69 Å². The lowest BCUT2D eigenvalue weighted by Gasteiger charge is -2.32. The predicted molar refractivity (Wildman–Crippen MR) is 141 cm³/mol. The molecule has 2 aliphatic heterocycles. The number of carbonyl (C=O) groups is 1. The number of nitrogens with one attached hydrogen (secondary N) is 2. The lowest BCUT2D eigenvalue weighted by Crippen LogP contribution is -2.44. The molecule has 0 unspecified atom stereocenters. The molecular weight excluding hydrogens is 478 g/mol. The number of fused-ring (bicyclic) bond motifs is 1. The van der Waals surface area contributed by atoms with Crippen molar-refractivity contribution >= 4 is 21.6 Å². The Balaban J connectivity index is 1.31. The molecule has 0 bridgehead atoms. The van der Waals surface area contributed by atoms with Gasteiger partial charge in [0.15, 0.2) is 6.61 Å². The quantitative estimate of drug-likeness (QED) is 0.461. The van der Waals surface area contributed by atoms with Gasteiger partial charge in [-0.1, -0.05) is 30.3 Å². The van der Waals surface area contributed by atoms with Gasteiger partial charge in [-0.05, 0) is 36.1 Å². The molecule has 0 radical (unpaired) electrons. The number of benzene rings is 2. The molecule has 10 heteroatoms. The van der Waals surface area contributed by atoms with Gasteiger partial charge in [-0.3, -0.25) is 9.69 Å². The van der Waals surface area contributed by atoms with E-state index in [1.165, 1.54) is 29.5 Å². The van der Waals surface area contributed by atoms with Crippen molar-refractivity contribution in [1.29, 1.82) is 0 Å². The Kier molecular flexibility index (Phi) is 8.84.